The molecule has 9 heteroatoms. The Balaban J connectivity index is 1.33. The number of rotatable bonds is 4. The molecule has 0 N–H and O–H groups in total. The van der Waals surface area contributed by atoms with E-state index >= 15 is 0 Å². The van der Waals surface area contributed by atoms with Crippen LogP contribution in [0.2, 0.25) is 0 Å². The maximum atomic E-state index is 12.8. The first kappa shape index (κ1) is 18.0. The van der Waals surface area contributed by atoms with Gasteiger partial charge in [0.2, 0.25) is 11.7 Å². The van der Waals surface area contributed by atoms with Crippen LogP contribution in [0.5, 0.6) is 5.75 Å². The first-order chi connectivity index (χ1) is 14.6. The summed E-state index contributed by atoms with van der Waals surface area (Å²) in [6.45, 7) is 0.747. The van der Waals surface area contributed by atoms with E-state index in [1.807, 2.05) is 6.07 Å². The van der Waals surface area contributed by atoms with Crippen LogP contribution in [0.25, 0.3) is 22.5 Å². The summed E-state index contributed by atoms with van der Waals surface area (Å²) >= 11 is 0. The zero-order valence-electron chi connectivity index (χ0n) is 15.9. The number of methoxy groups -OCH3 is 1. The van der Waals surface area contributed by atoms with Crippen molar-refractivity contribution in [2.24, 2.45) is 0 Å². The molecular formula is C21H16N4O5. The lowest BCUT2D eigenvalue weighted by atomic mass is 9.99. The Kier molecular flexibility index (Phi) is 4.27. The summed E-state index contributed by atoms with van der Waals surface area (Å²) in [6, 6.07) is 12.2. The summed E-state index contributed by atoms with van der Waals surface area (Å²) in [7, 11) is 1.49. The maximum Gasteiger partial charge on any atom is 0.349 e. The lowest BCUT2D eigenvalue weighted by Gasteiger charge is -2.36. The average Bonchev–Trinajstić information content (AvgIpc) is 3.22. The predicted octanol–water partition coefficient (Wildman–Crippen LogP) is 2.49. The van der Waals surface area contributed by atoms with E-state index < -0.39 is 11.5 Å². The second-order valence-corrected chi connectivity index (χ2v) is 6.90. The number of hydrogen-bond donors (Lipinski definition) is 0. The van der Waals surface area contributed by atoms with Crippen molar-refractivity contribution in [2.45, 2.75) is 5.92 Å². The average molecular weight is 404 g/mol. The highest BCUT2D eigenvalue weighted by atomic mass is 16.5. The molecule has 1 aliphatic rings. The Morgan fingerprint density at radius 2 is 2.07 bits per heavy atom. The van der Waals surface area contributed by atoms with Crippen molar-refractivity contribution >= 4 is 16.9 Å². The van der Waals surface area contributed by atoms with Gasteiger partial charge in [0.1, 0.15) is 11.3 Å². The van der Waals surface area contributed by atoms with Crippen LogP contribution in [-0.4, -0.2) is 46.1 Å². The van der Waals surface area contributed by atoms with E-state index in [4.69, 9.17) is 13.7 Å². The highest BCUT2D eigenvalue weighted by molar-refractivity contribution is 5.97. The summed E-state index contributed by atoms with van der Waals surface area (Å²) in [6.07, 6.45) is 1.65. The molecule has 150 valence electrons. The normalized spacial score (nSPS) is 14.0. The third-order valence-corrected chi connectivity index (χ3v) is 5.03. The number of nitrogens with zero attached hydrogens (tertiary/aromatic N) is 4. The van der Waals surface area contributed by atoms with E-state index in [-0.39, 0.29) is 11.5 Å². The molecule has 3 aromatic heterocycles. The van der Waals surface area contributed by atoms with Gasteiger partial charge in [-0.05, 0) is 24.3 Å². The van der Waals surface area contributed by atoms with Gasteiger partial charge in [-0.25, -0.2) is 4.79 Å². The number of para-hydroxylation sites is 1. The molecule has 0 aliphatic carbocycles. The minimum atomic E-state index is -0.698. The van der Waals surface area contributed by atoms with Crippen molar-refractivity contribution in [3.8, 4) is 17.3 Å². The van der Waals surface area contributed by atoms with Gasteiger partial charge in [0.25, 0.3) is 5.91 Å². The Bertz CT molecular complexity index is 1290. The van der Waals surface area contributed by atoms with Crippen LogP contribution in [0, 0.1) is 0 Å². The van der Waals surface area contributed by atoms with Crippen LogP contribution >= 0.6 is 0 Å². The van der Waals surface area contributed by atoms with E-state index in [2.05, 4.69) is 15.1 Å². The second-order valence-electron chi connectivity index (χ2n) is 6.90. The molecule has 30 heavy (non-hydrogen) atoms. The zero-order valence-corrected chi connectivity index (χ0v) is 15.9. The largest absolute Gasteiger partial charge is 0.493 e. The topological polar surface area (TPSA) is 112 Å². The van der Waals surface area contributed by atoms with Gasteiger partial charge in [0.05, 0.1) is 13.0 Å². The Labute approximate surface area is 169 Å². The molecule has 0 spiro atoms. The Hall–Kier alpha value is -4.01. The van der Waals surface area contributed by atoms with Crippen molar-refractivity contribution in [1.82, 2.24) is 20.0 Å². The molecule has 0 bridgehead atoms. The van der Waals surface area contributed by atoms with E-state index in [0.717, 1.165) is 0 Å². The van der Waals surface area contributed by atoms with Gasteiger partial charge in [-0.15, -0.1) is 0 Å². The molecular weight excluding hydrogens is 388 g/mol. The van der Waals surface area contributed by atoms with Gasteiger partial charge < -0.3 is 18.6 Å². The molecule has 9 nitrogen and oxygen atoms in total. The number of aromatic nitrogens is 3. The standard InChI is InChI=1S/C21H16N4O5/c1-28-16-7-4-5-12-9-14(21(27)29-17(12)16)20(26)25-10-13(11-25)19-23-18(24-30-19)15-6-2-3-8-22-15/h2-9,13H,10-11H2,1H3. The zero-order chi connectivity index (χ0) is 20.7. The van der Waals surface area contributed by atoms with E-state index in [0.29, 0.717) is 47.2 Å². The van der Waals surface area contributed by atoms with Crippen molar-refractivity contribution < 1.29 is 18.5 Å². The number of likely N-dealkylation sites (tertiary alicyclic amines) is 1. The summed E-state index contributed by atoms with van der Waals surface area (Å²) in [5.74, 6) is 0.794. The Morgan fingerprint density at radius 1 is 1.20 bits per heavy atom. The number of hydrogen-bond acceptors (Lipinski definition) is 8. The van der Waals surface area contributed by atoms with Crippen LogP contribution in [-0.2, 0) is 0 Å². The number of fused-ring (bicyclic) bond motifs is 1. The quantitative estimate of drug-likeness (QED) is 0.477. The number of carbonyl (C=O) groups is 1. The third-order valence-electron chi connectivity index (χ3n) is 5.03. The van der Waals surface area contributed by atoms with Crippen molar-refractivity contribution in [3.05, 3.63) is 70.5 Å². The Morgan fingerprint density at radius 3 is 2.83 bits per heavy atom. The second kappa shape index (κ2) is 7.11. The molecule has 4 heterocycles. The molecule has 0 radical (unpaired) electrons. The van der Waals surface area contributed by atoms with Gasteiger partial charge in [-0.3, -0.25) is 9.78 Å². The molecule has 0 saturated carbocycles. The highest BCUT2D eigenvalue weighted by Gasteiger charge is 2.37. The number of ether oxygens (including phenoxy) is 1. The van der Waals surface area contributed by atoms with E-state index in [9.17, 15) is 9.59 Å². The summed E-state index contributed by atoms with van der Waals surface area (Å²) in [5.41, 5.74) is 0.212. The number of carbonyl (C=O) groups excluding carboxylic acids is 1. The lowest BCUT2D eigenvalue weighted by Crippen LogP contribution is -2.49. The van der Waals surface area contributed by atoms with Crippen LogP contribution in [0.3, 0.4) is 0 Å². The van der Waals surface area contributed by atoms with Crippen LogP contribution < -0.4 is 10.4 Å². The molecule has 1 aliphatic heterocycles. The SMILES string of the molecule is COc1cccc2cc(C(=O)N3CC(c4nc(-c5ccccn5)no4)C3)c(=O)oc12. The fourth-order valence-electron chi connectivity index (χ4n) is 3.40. The minimum Gasteiger partial charge on any atom is -0.493 e. The third kappa shape index (κ3) is 3.00. The smallest absolute Gasteiger partial charge is 0.349 e. The molecule has 1 amide bonds. The van der Waals surface area contributed by atoms with Crippen molar-refractivity contribution in [1.29, 1.82) is 0 Å². The van der Waals surface area contributed by atoms with E-state index in [1.54, 1.807) is 41.4 Å². The molecule has 0 atom stereocenters. The van der Waals surface area contributed by atoms with Crippen LogP contribution in [0.1, 0.15) is 22.2 Å². The lowest BCUT2D eigenvalue weighted by molar-refractivity contribution is 0.0565. The number of benzene rings is 1. The van der Waals surface area contributed by atoms with Gasteiger partial charge in [-0.2, -0.15) is 4.98 Å². The van der Waals surface area contributed by atoms with Gasteiger partial charge in [-0.1, -0.05) is 23.4 Å². The van der Waals surface area contributed by atoms with Gasteiger partial charge >= 0.3 is 5.63 Å². The molecule has 1 aromatic carbocycles. The molecule has 0 unspecified atom stereocenters. The van der Waals surface area contributed by atoms with E-state index in [1.165, 1.54) is 13.2 Å². The molecule has 4 aromatic rings. The fourth-order valence-corrected chi connectivity index (χ4v) is 3.40. The summed E-state index contributed by atoms with van der Waals surface area (Å²) < 4.78 is 15.9. The van der Waals surface area contributed by atoms with Crippen LogP contribution in [0.15, 0.2) is 62.4 Å². The van der Waals surface area contributed by atoms with Crippen molar-refractivity contribution in [2.75, 3.05) is 20.2 Å². The summed E-state index contributed by atoms with van der Waals surface area (Å²) in [5, 5.41) is 4.57. The first-order valence-electron chi connectivity index (χ1n) is 9.29. The summed E-state index contributed by atoms with van der Waals surface area (Å²) in [4.78, 5) is 35.3. The van der Waals surface area contributed by atoms with Crippen LogP contribution in [0.4, 0.5) is 0 Å². The minimum absolute atomic E-state index is 0.0195. The fraction of sp³-hybridized carbons (Fsp3) is 0.190. The molecule has 5 rings (SSSR count). The first-order valence-corrected chi connectivity index (χ1v) is 9.29. The molecule has 1 fully saturated rings. The highest BCUT2D eigenvalue weighted by Crippen LogP contribution is 2.29. The van der Waals surface area contributed by atoms with Gasteiger partial charge in [0.15, 0.2) is 11.3 Å². The maximum absolute atomic E-state index is 12.8. The van der Waals surface area contributed by atoms with Gasteiger partial charge in [0, 0.05) is 24.7 Å². The van der Waals surface area contributed by atoms with Crippen molar-refractivity contribution in [3.63, 3.8) is 0 Å². The predicted molar refractivity (Wildman–Crippen MR) is 105 cm³/mol. The monoisotopic (exact) mass is 404 g/mol. The number of pyridine rings is 1. The molecule has 1 saturated heterocycles. The number of amides is 1.